The summed E-state index contributed by atoms with van der Waals surface area (Å²) in [7, 11) is 0. The molecular formula is C20H24N6O2. The standard InChI is InChI=1S/C20H24N6O2/c1-11-9-14-16(24-20(4)5-6-20)22-17(23-18(14)28-11)19(27)25-7-8-26-13(3)21-12(2)15(26)10-25/h9H,5-8,10H2,1-4H3,(H,22,23,24). The topological polar surface area (TPSA) is 89.1 Å². The van der Waals surface area contributed by atoms with Gasteiger partial charge in [-0.2, -0.15) is 4.98 Å². The first-order valence-corrected chi connectivity index (χ1v) is 9.71. The molecule has 28 heavy (non-hydrogen) atoms. The van der Waals surface area contributed by atoms with Crippen molar-refractivity contribution in [2.75, 3.05) is 11.9 Å². The lowest BCUT2D eigenvalue weighted by Gasteiger charge is -2.28. The van der Waals surface area contributed by atoms with Crippen LogP contribution in [0.4, 0.5) is 5.82 Å². The number of fused-ring (bicyclic) bond motifs is 2. The molecule has 1 N–H and O–H groups in total. The third kappa shape index (κ3) is 2.75. The number of nitrogens with one attached hydrogen (secondary N) is 1. The smallest absolute Gasteiger partial charge is 0.292 e. The molecule has 1 amide bonds. The first-order chi connectivity index (χ1) is 13.3. The normalized spacial score (nSPS) is 17.6. The molecule has 1 fully saturated rings. The van der Waals surface area contributed by atoms with Crippen molar-refractivity contribution in [1.29, 1.82) is 0 Å². The van der Waals surface area contributed by atoms with Gasteiger partial charge in [-0.3, -0.25) is 4.79 Å². The fourth-order valence-electron chi connectivity index (χ4n) is 3.88. The van der Waals surface area contributed by atoms with Crippen LogP contribution in [0.15, 0.2) is 10.5 Å². The van der Waals surface area contributed by atoms with Crippen molar-refractivity contribution in [2.45, 2.75) is 59.2 Å². The Morgan fingerprint density at radius 3 is 2.71 bits per heavy atom. The van der Waals surface area contributed by atoms with E-state index in [0.717, 1.165) is 47.7 Å². The van der Waals surface area contributed by atoms with Gasteiger partial charge in [0.25, 0.3) is 5.91 Å². The van der Waals surface area contributed by atoms with Crippen LogP contribution in [0.1, 0.15) is 53.4 Å². The van der Waals surface area contributed by atoms with Crippen LogP contribution in [0.2, 0.25) is 0 Å². The first kappa shape index (κ1) is 17.2. The summed E-state index contributed by atoms with van der Waals surface area (Å²) in [6.07, 6.45) is 2.18. The van der Waals surface area contributed by atoms with Crippen molar-refractivity contribution in [3.63, 3.8) is 0 Å². The van der Waals surface area contributed by atoms with Crippen molar-refractivity contribution >= 4 is 22.8 Å². The van der Waals surface area contributed by atoms with Crippen molar-refractivity contribution < 1.29 is 9.21 Å². The Labute approximate surface area is 163 Å². The maximum absolute atomic E-state index is 13.2. The molecule has 4 heterocycles. The number of nitrogens with zero attached hydrogens (tertiary/aromatic N) is 5. The number of carbonyl (C=O) groups is 1. The molecule has 0 saturated heterocycles. The number of aromatic nitrogens is 4. The number of anilines is 1. The maximum atomic E-state index is 13.2. The second-order valence-corrected chi connectivity index (χ2v) is 8.23. The highest BCUT2D eigenvalue weighted by Crippen LogP contribution is 2.39. The minimum atomic E-state index is -0.176. The van der Waals surface area contributed by atoms with Gasteiger partial charge in [0.15, 0.2) is 0 Å². The van der Waals surface area contributed by atoms with E-state index in [0.29, 0.717) is 24.6 Å². The van der Waals surface area contributed by atoms with Crippen LogP contribution in [0.5, 0.6) is 0 Å². The monoisotopic (exact) mass is 380 g/mol. The van der Waals surface area contributed by atoms with Crippen molar-refractivity contribution in [3.8, 4) is 0 Å². The van der Waals surface area contributed by atoms with Crippen LogP contribution in [0.3, 0.4) is 0 Å². The highest BCUT2D eigenvalue weighted by atomic mass is 16.3. The molecule has 0 aromatic carbocycles. The zero-order chi connectivity index (χ0) is 19.6. The number of imidazole rings is 1. The van der Waals surface area contributed by atoms with E-state index in [1.165, 1.54) is 0 Å². The SMILES string of the molecule is Cc1cc2c(NC3(C)CC3)nc(C(=O)N3CCn4c(C)nc(C)c4C3)nc2o1. The molecule has 0 spiro atoms. The molecule has 1 aliphatic carbocycles. The lowest BCUT2D eigenvalue weighted by atomic mass is 10.2. The lowest BCUT2D eigenvalue weighted by Crippen LogP contribution is -2.39. The predicted molar refractivity (Wildman–Crippen MR) is 104 cm³/mol. The highest BCUT2D eigenvalue weighted by Gasteiger charge is 2.38. The summed E-state index contributed by atoms with van der Waals surface area (Å²) < 4.78 is 7.90. The van der Waals surface area contributed by atoms with Crippen LogP contribution in [0.25, 0.3) is 11.1 Å². The molecule has 0 atom stereocenters. The summed E-state index contributed by atoms with van der Waals surface area (Å²) in [5, 5.41) is 4.30. The third-order valence-electron chi connectivity index (χ3n) is 5.81. The van der Waals surface area contributed by atoms with E-state index in [1.54, 1.807) is 4.90 Å². The lowest BCUT2D eigenvalue weighted by molar-refractivity contribution is 0.0697. The minimum Gasteiger partial charge on any atom is -0.443 e. The van der Waals surface area contributed by atoms with Gasteiger partial charge in [0.1, 0.15) is 17.4 Å². The first-order valence-electron chi connectivity index (χ1n) is 9.71. The van der Waals surface area contributed by atoms with E-state index < -0.39 is 0 Å². The molecule has 1 saturated carbocycles. The number of aryl methyl sites for hydroxylation is 3. The van der Waals surface area contributed by atoms with E-state index in [2.05, 4.69) is 31.8 Å². The zero-order valence-electron chi connectivity index (χ0n) is 16.7. The summed E-state index contributed by atoms with van der Waals surface area (Å²) in [5.74, 6) is 2.43. The summed E-state index contributed by atoms with van der Waals surface area (Å²) in [4.78, 5) is 28.6. The Hall–Kier alpha value is -2.90. The summed E-state index contributed by atoms with van der Waals surface area (Å²) in [5.41, 5.74) is 2.54. The number of carbonyl (C=O) groups excluding carboxylic acids is 1. The molecule has 8 nitrogen and oxygen atoms in total. The highest BCUT2D eigenvalue weighted by molar-refractivity contribution is 5.95. The van der Waals surface area contributed by atoms with Crippen LogP contribution in [0, 0.1) is 20.8 Å². The minimum absolute atomic E-state index is 0.0407. The Bertz CT molecular complexity index is 1110. The van der Waals surface area contributed by atoms with Crippen molar-refractivity contribution in [2.24, 2.45) is 0 Å². The predicted octanol–water partition coefficient (Wildman–Crippen LogP) is 2.96. The van der Waals surface area contributed by atoms with Gasteiger partial charge in [0, 0.05) is 18.6 Å². The molecule has 5 rings (SSSR count). The maximum Gasteiger partial charge on any atom is 0.292 e. The number of rotatable bonds is 3. The van der Waals surface area contributed by atoms with E-state index in [9.17, 15) is 4.79 Å². The summed E-state index contributed by atoms with van der Waals surface area (Å²) in [6.45, 7) is 9.89. The fraction of sp³-hybridized carbons (Fsp3) is 0.500. The number of hydrogen-bond acceptors (Lipinski definition) is 6. The van der Waals surface area contributed by atoms with Crippen molar-refractivity contribution in [1.82, 2.24) is 24.4 Å². The van der Waals surface area contributed by atoms with E-state index in [4.69, 9.17) is 4.42 Å². The Balaban J connectivity index is 1.50. The average molecular weight is 380 g/mol. The van der Waals surface area contributed by atoms with Crippen LogP contribution >= 0.6 is 0 Å². The summed E-state index contributed by atoms with van der Waals surface area (Å²) >= 11 is 0. The van der Waals surface area contributed by atoms with Gasteiger partial charge < -0.3 is 19.2 Å². The molecule has 2 aliphatic rings. The molecule has 1 aliphatic heterocycles. The van der Waals surface area contributed by atoms with E-state index in [1.807, 2.05) is 26.8 Å². The van der Waals surface area contributed by atoms with Crippen LogP contribution < -0.4 is 5.32 Å². The molecular weight excluding hydrogens is 356 g/mol. The number of hydrogen-bond donors (Lipinski definition) is 1. The van der Waals surface area contributed by atoms with Gasteiger partial charge in [-0.1, -0.05) is 0 Å². The third-order valence-corrected chi connectivity index (χ3v) is 5.81. The van der Waals surface area contributed by atoms with Gasteiger partial charge in [0.05, 0.1) is 23.3 Å². The van der Waals surface area contributed by atoms with Crippen molar-refractivity contribution in [3.05, 3.63) is 34.9 Å². The van der Waals surface area contributed by atoms with Gasteiger partial charge >= 0.3 is 0 Å². The molecule has 8 heteroatoms. The average Bonchev–Trinajstić information content (AvgIpc) is 3.14. The number of furan rings is 1. The second-order valence-electron chi connectivity index (χ2n) is 8.23. The van der Waals surface area contributed by atoms with Gasteiger partial charge in [0.2, 0.25) is 11.5 Å². The van der Waals surface area contributed by atoms with E-state index in [-0.39, 0.29) is 17.3 Å². The molecule has 0 radical (unpaired) electrons. The fourth-order valence-corrected chi connectivity index (χ4v) is 3.88. The van der Waals surface area contributed by atoms with E-state index >= 15 is 0 Å². The Kier molecular flexibility index (Phi) is 3.56. The quantitative estimate of drug-likeness (QED) is 0.751. The van der Waals surface area contributed by atoms with Crippen LogP contribution in [-0.4, -0.2) is 42.4 Å². The largest absolute Gasteiger partial charge is 0.443 e. The second kappa shape index (κ2) is 5.80. The molecule has 146 valence electrons. The van der Waals surface area contributed by atoms with Gasteiger partial charge in [-0.25, -0.2) is 9.97 Å². The van der Waals surface area contributed by atoms with Gasteiger partial charge in [-0.15, -0.1) is 0 Å². The van der Waals surface area contributed by atoms with Gasteiger partial charge in [-0.05, 0) is 46.6 Å². The summed E-state index contributed by atoms with van der Waals surface area (Å²) in [6, 6.07) is 1.92. The molecule has 3 aromatic rings. The van der Waals surface area contributed by atoms with Crippen LogP contribution in [-0.2, 0) is 13.1 Å². The molecule has 0 unspecified atom stereocenters. The Morgan fingerprint density at radius 1 is 1.18 bits per heavy atom. The molecule has 0 bridgehead atoms. The zero-order valence-corrected chi connectivity index (χ0v) is 16.7. The Morgan fingerprint density at radius 2 is 1.96 bits per heavy atom. The molecule has 3 aromatic heterocycles. The number of amides is 1.